The first-order chi connectivity index (χ1) is 8.67. The van der Waals surface area contributed by atoms with Crippen LogP contribution in [0.15, 0.2) is 36.4 Å². The first kappa shape index (κ1) is 12.2. The second-order valence-electron chi connectivity index (χ2n) is 3.77. The van der Waals surface area contributed by atoms with Crippen molar-refractivity contribution in [3.63, 3.8) is 0 Å². The van der Waals surface area contributed by atoms with Gasteiger partial charge >= 0.3 is 0 Å². The van der Waals surface area contributed by atoms with Crippen molar-refractivity contribution in [1.82, 2.24) is 0 Å². The topological polar surface area (TPSA) is 44.5 Å². The number of nitrogens with two attached hydrogens (primary N) is 1. The number of methoxy groups -OCH3 is 2. The van der Waals surface area contributed by atoms with E-state index >= 15 is 0 Å². The predicted octanol–water partition coefficient (Wildman–Crippen LogP) is 3.09. The van der Waals surface area contributed by atoms with Crippen molar-refractivity contribution in [2.75, 3.05) is 20.0 Å². The summed E-state index contributed by atoms with van der Waals surface area (Å²) in [5.41, 5.74) is 7.04. The number of nitrogen functional groups attached to an aromatic ring is 1. The lowest BCUT2D eigenvalue weighted by Gasteiger charge is -2.11. The molecule has 18 heavy (non-hydrogen) atoms. The highest BCUT2D eigenvalue weighted by atomic mass is 19.1. The van der Waals surface area contributed by atoms with Crippen LogP contribution < -0.4 is 15.2 Å². The van der Waals surface area contributed by atoms with Crippen LogP contribution in [0.3, 0.4) is 0 Å². The molecule has 0 unspecified atom stereocenters. The molecule has 3 nitrogen and oxygen atoms in total. The highest BCUT2D eigenvalue weighted by Crippen LogP contribution is 2.35. The summed E-state index contributed by atoms with van der Waals surface area (Å²) in [5.74, 6) is 0.481. The molecule has 94 valence electrons. The number of hydrogen-bond donors (Lipinski definition) is 1. The van der Waals surface area contributed by atoms with Gasteiger partial charge in [-0.1, -0.05) is 18.2 Å². The maximum atomic E-state index is 13.7. The Kier molecular flexibility index (Phi) is 3.37. The smallest absolute Gasteiger partial charge is 0.150 e. The highest BCUT2D eigenvalue weighted by Gasteiger charge is 2.12. The quantitative estimate of drug-likeness (QED) is 0.848. The third kappa shape index (κ3) is 2.09. The van der Waals surface area contributed by atoms with Gasteiger partial charge in [-0.2, -0.15) is 0 Å². The normalized spacial score (nSPS) is 10.2. The first-order valence-corrected chi connectivity index (χ1v) is 5.43. The number of ether oxygens (including phenoxy) is 2. The maximum absolute atomic E-state index is 13.7. The third-order valence-electron chi connectivity index (χ3n) is 2.73. The van der Waals surface area contributed by atoms with Gasteiger partial charge in [0.2, 0.25) is 0 Å². The molecule has 0 aliphatic carbocycles. The number of anilines is 1. The van der Waals surface area contributed by atoms with Crippen molar-refractivity contribution in [2.24, 2.45) is 0 Å². The molecule has 0 heterocycles. The van der Waals surface area contributed by atoms with Gasteiger partial charge in [-0.25, -0.2) is 4.39 Å². The van der Waals surface area contributed by atoms with Gasteiger partial charge in [0.25, 0.3) is 0 Å². The van der Waals surface area contributed by atoms with E-state index in [0.717, 1.165) is 5.56 Å². The van der Waals surface area contributed by atoms with Crippen molar-refractivity contribution < 1.29 is 13.9 Å². The second kappa shape index (κ2) is 4.96. The summed E-state index contributed by atoms with van der Waals surface area (Å²) in [7, 11) is 3.03. The summed E-state index contributed by atoms with van der Waals surface area (Å²) in [6, 6.07) is 10.4. The van der Waals surface area contributed by atoms with Gasteiger partial charge in [-0.05, 0) is 23.8 Å². The summed E-state index contributed by atoms with van der Waals surface area (Å²) in [6.45, 7) is 0. The summed E-state index contributed by atoms with van der Waals surface area (Å²) >= 11 is 0. The molecule has 0 fully saturated rings. The van der Waals surface area contributed by atoms with Crippen LogP contribution in [0.4, 0.5) is 10.1 Å². The van der Waals surface area contributed by atoms with E-state index in [0.29, 0.717) is 17.1 Å². The van der Waals surface area contributed by atoms with Crippen molar-refractivity contribution in [2.45, 2.75) is 0 Å². The lowest BCUT2D eigenvalue weighted by atomic mass is 10.0. The number of benzene rings is 2. The SMILES string of the molecule is COc1ccccc1-c1cc(F)c(N)c(OC)c1. The van der Waals surface area contributed by atoms with E-state index in [9.17, 15) is 4.39 Å². The molecule has 2 N–H and O–H groups in total. The van der Waals surface area contributed by atoms with Crippen LogP contribution in [-0.4, -0.2) is 14.2 Å². The zero-order valence-corrected chi connectivity index (χ0v) is 10.2. The minimum absolute atomic E-state index is 0.0103. The molecule has 0 aromatic heterocycles. The highest BCUT2D eigenvalue weighted by molar-refractivity contribution is 5.74. The zero-order valence-electron chi connectivity index (χ0n) is 10.2. The molecular weight excluding hydrogens is 233 g/mol. The molecule has 0 radical (unpaired) electrons. The van der Waals surface area contributed by atoms with Gasteiger partial charge in [0.1, 0.15) is 17.2 Å². The van der Waals surface area contributed by atoms with Crippen LogP contribution in [0.1, 0.15) is 0 Å². The molecule has 4 heteroatoms. The Morgan fingerprint density at radius 1 is 1.00 bits per heavy atom. The minimum Gasteiger partial charge on any atom is -0.496 e. The van der Waals surface area contributed by atoms with Crippen LogP contribution >= 0.6 is 0 Å². The largest absolute Gasteiger partial charge is 0.496 e. The lowest BCUT2D eigenvalue weighted by molar-refractivity contribution is 0.413. The summed E-state index contributed by atoms with van der Waals surface area (Å²) in [4.78, 5) is 0. The molecule has 2 aromatic carbocycles. The van der Waals surface area contributed by atoms with E-state index in [1.165, 1.54) is 13.2 Å². The van der Waals surface area contributed by atoms with E-state index < -0.39 is 5.82 Å². The second-order valence-corrected chi connectivity index (χ2v) is 3.77. The van der Waals surface area contributed by atoms with Crippen LogP contribution in [0.2, 0.25) is 0 Å². The van der Waals surface area contributed by atoms with Crippen molar-refractivity contribution in [3.05, 3.63) is 42.2 Å². The van der Waals surface area contributed by atoms with E-state index in [2.05, 4.69) is 0 Å². The van der Waals surface area contributed by atoms with Gasteiger partial charge in [0.05, 0.1) is 14.2 Å². The third-order valence-corrected chi connectivity index (χ3v) is 2.73. The molecular formula is C14H14FNO2. The molecule has 0 spiro atoms. The average molecular weight is 247 g/mol. The molecule has 0 aliphatic rings. The lowest BCUT2D eigenvalue weighted by Crippen LogP contribution is -1.97. The van der Waals surface area contributed by atoms with Gasteiger partial charge in [-0.15, -0.1) is 0 Å². The fourth-order valence-electron chi connectivity index (χ4n) is 1.80. The number of hydrogen-bond acceptors (Lipinski definition) is 3. The fourth-order valence-corrected chi connectivity index (χ4v) is 1.80. The first-order valence-electron chi connectivity index (χ1n) is 5.43. The van der Waals surface area contributed by atoms with Crippen LogP contribution in [0, 0.1) is 5.82 Å². The zero-order chi connectivity index (χ0) is 13.1. The Balaban J connectivity index is 2.61. The fraction of sp³-hybridized carbons (Fsp3) is 0.143. The molecule has 0 amide bonds. The molecule has 2 aromatic rings. The molecule has 2 rings (SSSR count). The summed E-state index contributed by atoms with van der Waals surface area (Å²) in [5, 5.41) is 0. The van der Waals surface area contributed by atoms with E-state index in [1.807, 2.05) is 24.3 Å². The van der Waals surface area contributed by atoms with Crippen molar-refractivity contribution in [3.8, 4) is 22.6 Å². The Labute approximate surface area is 105 Å². The predicted molar refractivity (Wildman–Crippen MR) is 69.4 cm³/mol. The summed E-state index contributed by atoms with van der Waals surface area (Å²) < 4.78 is 24.0. The van der Waals surface area contributed by atoms with E-state index in [-0.39, 0.29) is 5.69 Å². The van der Waals surface area contributed by atoms with Gasteiger partial charge < -0.3 is 15.2 Å². The van der Waals surface area contributed by atoms with Gasteiger partial charge in [0, 0.05) is 5.56 Å². The Morgan fingerprint density at radius 2 is 1.67 bits per heavy atom. The monoisotopic (exact) mass is 247 g/mol. The Morgan fingerprint density at radius 3 is 2.33 bits per heavy atom. The molecule has 0 saturated heterocycles. The van der Waals surface area contributed by atoms with Gasteiger partial charge in [0.15, 0.2) is 5.82 Å². The Hall–Kier alpha value is -2.23. The number of rotatable bonds is 3. The van der Waals surface area contributed by atoms with Crippen LogP contribution in [-0.2, 0) is 0 Å². The van der Waals surface area contributed by atoms with Crippen molar-refractivity contribution in [1.29, 1.82) is 0 Å². The number of para-hydroxylation sites is 1. The van der Waals surface area contributed by atoms with Gasteiger partial charge in [-0.3, -0.25) is 0 Å². The van der Waals surface area contributed by atoms with Crippen molar-refractivity contribution >= 4 is 5.69 Å². The van der Waals surface area contributed by atoms with E-state index in [4.69, 9.17) is 15.2 Å². The van der Waals surface area contributed by atoms with Crippen LogP contribution in [0.5, 0.6) is 11.5 Å². The summed E-state index contributed by atoms with van der Waals surface area (Å²) in [6.07, 6.45) is 0. The van der Waals surface area contributed by atoms with Crippen LogP contribution in [0.25, 0.3) is 11.1 Å². The maximum Gasteiger partial charge on any atom is 0.150 e. The molecule has 0 saturated carbocycles. The standard InChI is InChI=1S/C14H14FNO2/c1-17-12-6-4-3-5-10(12)9-7-11(15)14(16)13(8-9)18-2/h3-8H,16H2,1-2H3. The Bertz CT molecular complexity index is 570. The minimum atomic E-state index is -0.504. The average Bonchev–Trinajstić information content (AvgIpc) is 2.41. The number of halogens is 1. The molecule has 0 atom stereocenters. The molecule has 0 bridgehead atoms. The molecule has 0 aliphatic heterocycles. The van der Waals surface area contributed by atoms with E-state index in [1.54, 1.807) is 13.2 Å².